The zero-order valence-electron chi connectivity index (χ0n) is 11.2. The molecule has 112 valence electrons. The number of aromatic amines is 1. The summed E-state index contributed by atoms with van der Waals surface area (Å²) in [5.74, 6) is -0.580. The third-order valence-corrected chi connectivity index (χ3v) is 6.35. The number of nitrogens with one attached hydrogen (secondary N) is 1. The van der Waals surface area contributed by atoms with Crippen LogP contribution < -0.4 is 4.87 Å². The van der Waals surface area contributed by atoms with Gasteiger partial charge in [-0.25, -0.2) is 8.42 Å². The van der Waals surface area contributed by atoms with E-state index in [0.717, 1.165) is 17.1 Å². The van der Waals surface area contributed by atoms with Crippen LogP contribution >= 0.6 is 11.3 Å². The van der Waals surface area contributed by atoms with Crippen LogP contribution in [0.25, 0.3) is 0 Å². The van der Waals surface area contributed by atoms with Crippen LogP contribution in [0.2, 0.25) is 0 Å². The van der Waals surface area contributed by atoms with E-state index in [0.29, 0.717) is 17.0 Å². The number of sulfonamides is 1. The van der Waals surface area contributed by atoms with Crippen LogP contribution in [0.1, 0.15) is 25.5 Å². The Morgan fingerprint density at radius 1 is 1.50 bits per heavy atom. The molecule has 1 N–H and O–H groups in total. The normalized spacial score (nSPS) is 15.6. The summed E-state index contributed by atoms with van der Waals surface area (Å²) in [5.41, 5.74) is 0.300. The van der Waals surface area contributed by atoms with Gasteiger partial charge in [0.2, 0.25) is 0 Å². The highest BCUT2D eigenvalue weighted by atomic mass is 32.2. The number of hydrogen-bond acceptors (Lipinski definition) is 6. The van der Waals surface area contributed by atoms with Crippen molar-refractivity contribution in [3.8, 4) is 0 Å². The molecular formula is C11H16N2O5S2. The molecule has 1 aromatic rings. The van der Waals surface area contributed by atoms with E-state index in [1.54, 1.807) is 6.92 Å². The van der Waals surface area contributed by atoms with Gasteiger partial charge in [0, 0.05) is 11.7 Å². The van der Waals surface area contributed by atoms with E-state index in [2.05, 4.69) is 4.98 Å². The molecule has 9 heteroatoms. The lowest BCUT2D eigenvalue weighted by atomic mass is 10.6. The van der Waals surface area contributed by atoms with Crippen molar-refractivity contribution in [3.05, 3.63) is 15.4 Å². The maximum Gasteiger partial charge on any atom is 0.321 e. The van der Waals surface area contributed by atoms with Crippen LogP contribution in [0.3, 0.4) is 0 Å². The van der Waals surface area contributed by atoms with Crippen molar-refractivity contribution in [2.24, 2.45) is 0 Å². The van der Waals surface area contributed by atoms with Gasteiger partial charge in [0.1, 0.15) is 6.54 Å². The van der Waals surface area contributed by atoms with Crippen LogP contribution in [-0.4, -0.2) is 42.9 Å². The number of hydrogen-bond donors (Lipinski definition) is 1. The first-order valence-electron chi connectivity index (χ1n) is 6.23. The zero-order valence-corrected chi connectivity index (χ0v) is 12.8. The van der Waals surface area contributed by atoms with Crippen molar-refractivity contribution in [3.63, 3.8) is 0 Å². The van der Waals surface area contributed by atoms with Gasteiger partial charge in [-0.05, 0) is 26.7 Å². The lowest BCUT2D eigenvalue weighted by Crippen LogP contribution is -2.38. The van der Waals surface area contributed by atoms with Crippen LogP contribution in [0.15, 0.2) is 9.00 Å². The average molecular weight is 320 g/mol. The Morgan fingerprint density at radius 2 is 2.15 bits per heavy atom. The topological polar surface area (TPSA) is 96.5 Å². The number of ether oxygens (including phenoxy) is 1. The van der Waals surface area contributed by atoms with E-state index in [1.165, 1.54) is 6.92 Å². The molecule has 1 saturated carbocycles. The Bertz CT molecular complexity index is 657. The number of esters is 1. The number of carbonyl (C=O) groups is 1. The first kappa shape index (κ1) is 15.2. The van der Waals surface area contributed by atoms with Gasteiger partial charge in [-0.2, -0.15) is 4.31 Å². The molecular weight excluding hydrogens is 304 g/mol. The molecule has 1 aliphatic rings. The second-order valence-electron chi connectivity index (χ2n) is 4.51. The largest absolute Gasteiger partial charge is 0.465 e. The van der Waals surface area contributed by atoms with Gasteiger partial charge in [0.25, 0.3) is 10.0 Å². The fraction of sp³-hybridized carbons (Fsp3) is 0.636. The lowest BCUT2D eigenvalue weighted by Gasteiger charge is -2.20. The molecule has 1 fully saturated rings. The summed E-state index contributed by atoms with van der Waals surface area (Å²) in [7, 11) is -3.84. The molecule has 2 rings (SSSR count). The third-order valence-electron chi connectivity index (χ3n) is 2.87. The Morgan fingerprint density at radius 3 is 2.60 bits per heavy atom. The monoisotopic (exact) mass is 320 g/mol. The summed E-state index contributed by atoms with van der Waals surface area (Å²) in [6, 6.07) is -0.180. The van der Waals surface area contributed by atoms with E-state index >= 15 is 0 Å². The standard InChI is InChI=1S/C11H16N2O5S2/c1-3-18-9(14)6-13(8-4-5-8)20(16,17)10-7(2)12-11(15)19-10/h8H,3-6H2,1-2H3,(H,12,15). The minimum absolute atomic E-state index is 0.0290. The van der Waals surface area contributed by atoms with Crippen molar-refractivity contribution in [2.75, 3.05) is 13.2 Å². The summed E-state index contributed by atoms with van der Waals surface area (Å²) < 4.78 is 31.0. The van der Waals surface area contributed by atoms with E-state index in [-0.39, 0.29) is 23.4 Å². The maximum absolute atomic E-state index is 12.6. The Hall–Kier alpha value is -1.19. The number of aryl methyl sites for hydroxylation is 1. The molecule has 1 aromatic heterocycles. The van der Waals surface area contributed by atoms with Gasteiger partial charge in [-0.15, -0.1) is 0 Å². The lowest BCUT2D eigenvalue weighted by molar-refractivity contribution is -0.143. The molecule has 0 unspecified atom stereocenters. The third kappa shape index (κ3) is 3.10. The molecule has 0 atom stereocenters. The van der Waals surface area contributed by atoms with E-state index in [1.807, 2.05) is 0 Å². The molecule has 0 aromatic carbocycles. The predicted octanol–water partition coefficient (Wildman–Crippen LogP) is 0.461. The van der Waals surface area contributed by atoms with Crippen molar-refractivity contribution in [1.29, 1.82) is 0 Å². The highest BCUT2D eigenvalue weighted by Crippen LogP contribution is 2.33. The number of nitrogens with zero attached hydrogens (tertiary/aromatic N) is 1. The second kappa shape index (κ2) is 5.66. The summed E-state index contributed by atoms with van der Waals surface area (Å²) >= 11 is 0.642. The Labute approximate surface area is 120 Å². The molecule has 1 heterocycles. The van der Waals surface area contributed by atoms with Gasteiger partial charge < -0.3 is 9.72 Å². The number of carbonyl (C=O) groups excluding carboxylic acids is 1. The minimum atomic E-state index is -3.84. The van der Waals surface area contributed by atoms with E-state index < -0.39 is 20.9 Å². The fourth-order valence-electron chi connectivity index (χ4n) is 1.85. The molecule has 1 aliphatic carbocycles. The molecule has 0 radical (unpaired) electrons. The highest BCUT2D eigenvalue weighted by Gasteiger charge is 2.41. The average Bonchev–Trinajstić information content (AvgIpc) is 3.11. The van der Waals surface area contributed by atoms with Crippen molar-refractivity contribution in [1.82, 2.24) is 9.29 Å². The van der Waals surface area contributed by atoms with Gasteiger partial charge in [-0.1, -0.05) is 11.3 Å². The molecule has 0 spiro atoms. The first-order valence-corrected chi connectivity index (χ1v) is 8.49. The SMILES string of the molecule is CCOC(=O)CN(C1CC1)S(=O)(=O)c1sc(=O)[nH]c1C. The number of H-pyrrole nitrogens is 1. The van der Waals surface area contributed by atoms with Gasteiger partial charge in [0.05, 0.1) is 6.61 Å². The van der Waals surface area contributed by atoms with E-state index in [4.69, 9.17) is 4.74 Å². The minimum Gasteiger partial charge on any atom is -0.465 e. The molecule has 20 heavy (non-hydrogen) atoms. The van der Waals surface area contributed by atoms with Crippen molar-refractivity contribution in [2.45, 2.75) is 36.9 Å². The second-order valence-corrected chi connectivity index (χ2v) is 7.58. The van der Waals surface area contributed by atoms with E-state index in [9.17, 15) is 18.0 Å². The number of thiazole rings is 1. The fourth-order valence-corrected chi connectivity index (χ4v) is 4.89. The summed E-state index contributed by atoms with van der Waals surface area (Å²) in [5, 5.41) is 0. The Kier molecular flexibility index (Phi) is 4.31. The van der Waals surface area contributed by atoms with Gasteiger partial charge in [0.15, 0.2) is 4.21 Å². The Balaban J connectivity index is 2.30. The van der Waals surface area contributed by atoms with Crippen LogP contribution in [-0.2, 0) is 19.6 Å². The number of rotatable bonds is 6. The zero-order chi connectivity index (χ0) is 14.9. The van der Waals surface area contributed by atoms with Crippen molar-refractivity contribution < 1.29 is 17.9 Å². The van der Waals surface area contributed by atoms with Crippen LogP contribution in [0.5, 0.6) is 0 Å². The van der Waals surface area contributed by atoms with Crippen LogP contribution in [0.4, 0.5) is 0 Å². The predicted molar refractivity (Wildman–Crippen MR) is 73.2 cm³/mol. The van der Waals surface area contributed by atoms with Crippen molar-refractivity contribution >= 4 is 27.3 Å². The maximum atomic E-state index is 12.6. The quantitative estimate of drug-likeness (QED) is 0.768. The number of aromatic nitrogens is 1. The van der Waals surface area contributed by atoms with Gasteiger partial charge >= 0.3 is 10.8 Å². The highest BCUT2D eigenvalue weighted by molar-refractivity contribution is 7.91. The molecule has 0 aliphatic heterocycles. The summed E-state index contributed by atoms with van der Waals surface area (Å²) in [4.78, 5) is 24.9. The summed E-state index contributed by atoms with van der Waals surface area (Å²) in [6.07, 6.45) is 1.44. The molecule has 0 amide bonds. The van der Waals surface area contributed by atoms with Crippen LogP contribution in [0, 0.1) is 6.92 Å². The summed E-state index contributed by atoms with van der Waals surface area (Å²) in [6.45, 7) is 3.08. The molecule has 7 nitrogen and oxygen atoms in total. The smallest absolute Gasteiger partial charge is 0.321 e. The van der Waals surface area contributed by atoms with Gasteiger partial charge in [-0.3, -0.25) is 9.59 Å². The molecule has 0 bridgehead atoms. The first-order chi connectivity index (χ1) is 9.36. The molecule has 0 saturated heterocycles.